The van der Waals surface area contributed by atoms with E-state index in [1.165, 1.54) is 13.1 Å². The number of aromatic nitrogens is 2. The summed E-state index contributed by atoms with van der Waals surface area (Å²) in [6.45, 7) is 1.29. The van der Waals surface area contributed by atoms with E-state index >= 15 is 0 Å². The lowest BCUT2D eigenvalue weighted by Crippen LogP contribution is -2.38. The fourth-order valence-corrected chi connectivity index (χ4v) is 3.90. The number of pyridine rings is 2. The Labute approximate surface area is 148 Å². The van der Waals surface area contributed by atoms with Crippen molar-refractivity contribution in [1.29, 1.82) is 0 Å². The van der Waals surface area contributed by atoms with E-state index in [4.69, 9.17) is 28.3 Å². The van der Waals surface area contributed by atoms with E-state index < -0.39 is 17.9 Å². The summed E-state index contributed by atoms with van der Waals surface area (Å²) in [5.74, 6) is -2.44. The van der Waals surface area contributed by atoms with Gasteiger partial charge in [0.05, 0.1) is 9.40 Å². The number of aromatic hydroxyl groups is 1. The van der Waals surface area contributed by atoms with Crippen molar-refractivity contribution < 1.29 is 19.8 Å². The van der Waals surface area contributed by atoms with Crippen LogP contribution in [0.5, 0.6) is 5.75 Å². The molecule has 0 bridgehead atoms. The monoisotopic (exact) mass is 385 g/mol. The fraction of sp³-hybridized carbons (Fsp3) is 0.143. The van der Waals surface area contributed by atoms with Crippen LogP contribution in [0.15, 0.2) is 12.3 Å². The molecule has 0 saturated heterocycles. The minimum absolute atomic E-state index is 0.00412. The number of fused-ring (bicyclic) bond motifs is 3. The van der Waals surface area contributed by atoms with Crippen LogP contribution in [0.2, 0.25) is 10.3 Å². The Morgan fingerprint density at radius 3 is 2.67 bits per heavy atom. The van der Waals surface area contributed by atoms with Gasteiger partial charge in [-0.2, -0.15) is 0 Å². The van der Waals surface area contributed by atoms with Gasteiger partial charge in [-0.15, -0.1) is 11.3 Å². The van der Waals surface area contributed by atoms with Crippen LogP contribution in [0.25, 0.3) is 20.2 Å². The first-order chi connectivity index (χ1) is 11.3. The second-order valence-corrected chi connectivity index (χ2v) is 6.65. The van der Waals surface area contributed by atoms with Crippen molar-refractivity contribution in [3.8, 4) is 5.75 Å². The zero-order valence-corrected chi connectivity index (χ0v) is 14.3. The predicted molar refractivity (Wildman–Crippen MR) is 91.2 cm³/mol. The molecule has 0 aliphatic heterocycles. The average molecular weight is 386 g/mol. The summed E-state index contributed by atoms with van der Waals surface area (Å²) in [5, 5.41) is 22.9. The van der Waals surface area contributed by atoms with E-state index in [1.807, 2.05) is 0 Å². The molecule has 0 aliphatic carbocycles. The summed E-state index contributed by atoms with van der Waals surface area (Å²) in [6.07, 6.45) is 1.50. The molecule has 0 radical (unpaired) electrons. The number of carboxylic acid groups (broad SMARTS) is 1. The average Bonchev–Trinajstić information content (AvgIpc) is 2.92. The minimum atomic E-state index is -1.21. The Balaban J connectivity index is 2.20. The van der Waals surface area contributed by atoms with E-state index in [2.05, 4.69) is 15.3 Å². The van der Waals surface area contributed by atoms with Crippen LogP contribution in [-0.4, -0.2) is 38.1 Å². The second-order valence-electron chi connectivity index (χ2n) is 4.92. The first-order valence-electron chi connectivity index (χ1n) is 6.60. The third-order valence-electron chi connectivity index (χ3n) is 3.35. The quantitative estimate of drug-likeness (QED) is 0.597. The summed E-state index contributed by atoms with van der Waals surface area (Å²) >= 11 is 13.3. The molecule has 0 saturated carbocycles. The zero-order chi connectivity index (χ0) is 17.6. The van der Waals surface area contributed by atoms with Gasteiger partial charge in [0.2, 0.25) is 0 Å². The van der Waals surface area contributed by atoms with Crippen LogP contribution in [0.3, 0.4) is 0 Å². The van der Waals surface area contributed by atoms with Crippen LogP contribution >= 0.6 is 34.5 Å². The lowest BCUT2D eigenvalue weighted by atomic mass is 10.2. The van der Waals surface area contributed by atoms with Crippen molar-refractivity contribution >= 4 is 66.6 Å². The number of carbonyl (C=O) groups excluding carboxylic acids is 1. The maximum Gasteiger partial charge on any atom is 0.325 e. The molecule has 0 aliphatic rings. The smallest absolute Gasteiger partial charge is 0.325 e. The molecule has 10 heteroatoms. The Bertz CT molecular complexity index is 1000. The molecule has 124 valence electrons. The molecule has 3 N–H and O–H groups in total. The SMILES string of the molecule is CC(NC(=O)c1nc(Cl)c2c(sc3c(Cl)nccc32)c1O)C(=O)O. The van der Waals surface area contributed by atoms with Gasteiger partial charge in [-0.25, -0.2) is 9.97 Å². The van der Waals surface area contributed by atoms with Gasteiger partial charge >= 0.3 is 5.97 Å². The summed E-state index contributed by atoms with van der Waals surface area (Å²) in [5.41, 5.74) is -0.351. The molecule has 1 atom stereocenters. The number of aliphatic carboxylic acids is 1. The predicted octanol–water partition coefficient (Wildman–Crippen LogP) is 3.06. The molecule has 0 fully saturated rings. The number of hydrogen-bond acceptors (Lipinski definition) is 6. The number of halogens is 2. The Hall–Kier alpha value is -2.16. The van der Waals surface area contributed by atoms with Gasteiger partial charge in [0.15, 0.2) is 11.4 Å². The third kappa shape index (κ3) is 2.62. The highest BCUT2D eigenvalue weighted by Crippen LogP contribution is 2.44. The van der Waals surface area contributed by atoms with Crippen molar-refractivity contribution in [2.45, 2.75) is 13.0 Å². The van der Waals surface area contributed by atoms with Crippen molar-refractivity contribution in [2.24, 2.45) is 0 Å². The number of nitrogens with zero attached hydrogens (tertiary/aromatic N) is 2. The summed E-state index contributed by atoms with van der Waals surface area (Å²) in [4.78, 5) is 30.9. The maximum atomic E-state index is 12.2. The number of hydrogen-bond donors (Lipinski definition) is 3. The van der Waals surface area contributed by atoms with Crippen molar-refractivity contribution in [3.05, 3.63) is 28.3 Å². The number of carbonyl (C=O) groups is 2. The highest BCUT2D eigenvalue weighted by atomic mass is 35.5. The largest absolute Gasteiger partial charge is 0.504 e. The molecule has 1 amide bonds. The van der Waals surface area contributed by atoms with Gasteiger partial charge in [-0.1, -0.05) is 23.2 Å². The van der Waals surface area contributed by atoms with E-state index in [0.717, 1.165) is 11.3 Å². The molecule has 3 rings (SSSR count). The number of carboxylic acids is 1. The van der Waals surface area contributed by atoms with Crippen LogP contribution in [0.1, 0.15) is 17.4 Å². The maximum absolute atomic E-state index is 12.2. The standard InChI is InChI=1S/C14H9Cl2N3O4S/c1-4(14(22)23)18-13(21)7-8(20)10-6(11(15)19-7)5-2-3-17-12(16)9(5)24-10/h2-4,20H,1H3,(H,18,21)(H,22,23). The fourth-order valence-electron chi connectivity index (χ4n) is 2.16. The number of nitrogens with one attached hydrogen (secondary N) is 1. The van der Waals surface area contributed by atoms with E-state index in [-0.39, 0.29) is 21.7 Å². The highest BCUT2D eigenvalue weighted by Gasteiger charge is 2.24. The van der Waals surface area contributed by atoms with Gasteiger partial charge < -0.3 is 15.5 Å². The first kappa shape index (κ1) is 16.7. The zero-order valence-electron chi connectivity index (χ0n) is 12.0. The summed E-state index contributed by atoms with van der Waals surface area (Å²) < 4.78 is 0.928. The van der Waals surface area contributed by atoms with Crippen molar-refractivity contribution in [2.75, 3.05) is 0 Å². The molecule has 3 aromatic rings. The highest BCUT2D eigenvalue weighted by molar-refractivity contribution is 7.26. The summed E-state index contributed by atoms with van der Waals surface area (Å²) in [7, 11) is 0. The van der Waals surface area contributed by atoms with Crippen LogP contribution in [-0.2, 0) is 4.79 Å². The number of thiophene rings is 1. The molecule has 0 aromatic carbocycles. The van der Waals surface area contributed by atoms with E-state index in [0.29, 0.717) is 20.2 Å². The molecular formula is C14H9Cl2N3O4S. The molecule has 3 aromatic heterocycles. The topological polar surface area (TPSA) is 112 Å². The Kier molecular flexibility index (Phi) is 4.20. The first-order valence-corrected chi connectivity index (χ1v) is 8.17. The lowest BCUT2D eigenvalue weighted by Gasteiger charge is -2.10. The molecule has 0 spiro atoms. The number of rotatable bonds is 3. The summed E-state index contributed by atoms with van der Waals surface area (Å²) in [6, 6.07) is 0.536. The second kappa shape index (κ2) is 6.04. The third-order valence-corrected chi connectivity index (χ3v) is 5.24. The van der Waals surface area contributed by atoms with Crippen molar-refractivity contribution in [1.82, 2.24) is 15.3 Å². The van der Waals surface area contributed by atoms with Crippen LogP contribution < -0.4 is 5.32 Å². The molecule has 1 unspecified atom stereocenters. The minimum Gasteiger partial charge on any atom is -0.504 e. The van der Waals surface area contributed by atoms with Gasteiger partial charge in [-0.05, 0) is 13.0 Å². The molecule has 3 heterocycles. The Morgan fingerprint density at radius 1 is 1.29 bits per heavy atom. The van der Waals surface area contributed by atoms with Gasteiger partial charge in [0.1, 0.15) is 16.3 Å². The van der Waals surface area contributed by atoms with Gasteiger partial charge in [0.25, 0.3) is 5.91 Å². The molecule has 24 heavy (non-hydrogen) atoms. The van der Waals surface area contributed by atoms with Crippen LogP contribution in [0, 0.1) is 0 Å². The van der Waals surface area contributed by atoms with Gasteiger partial charge in [0, 0.05) is 17.0 Å². The van der Waals surface area contributed by atoms with Gasteiger partial charge in [-0.3, -0.25) is 9.59 Å². The van der Waals surface area contributed by atoms with E-state index in [9.17, 15) is 14.7 Å². The van der Waals surface area contributed by atoms with E-state index in [1.54, 1.807) is 6.07 Å². The van der Waals surface area contributed by atoms with Crippen LogP contribution in [0.4, 0.5) is 0 Å². The lowest BCUT2D eigenvalue weighted by molar-refractivity contribution is -0.138. The van der Waals surface area contributed by atoms with Crippen molar-refractivity contribution in [3.63, 3.8) is 0 Å². The molecule has 7 nitrogen and oxygen atoms in total. The molecular weight excluding hydrogens is 377 g/mol. The Morgan fingerprint density at radius 2 is 2.00 bits per heavy atom. The normalized spacial score (nSPS) is 12.5. The number of amides is 1.